The van der Waals surface area contributed by atoms with Gasteiger partial charge in [0, 0.05) is 5.56 Å². The second kappa shape index (κ2) is 5.08. The van der Waals surface area contributed by atoms with Crippen molar-refractivity contribution in [1.82, 2.24) is 5.32 Å². The minimum absolute atomic E-state index is 0.263. The van der Waals surface area contributed by atoms with Crippen LogP contribution >= 0.6 is 0 Å². The summed E-state index contributed by atoms with van der Waals surface area (Å²) >= 11 is 0. The SMILES string of the molecule is C[C@H](NC(=O)[C@H]1CCOc2ccccc21)C(=O)O. The van der Waals surface area contributed by atoms with E-state index in [0.717, 1.165) is 5.56 Å². The van der Waals surface area contributed by atoms with E-state index in [2.05, 4.69) is 5.32 Å². The fraction of sp³-hybridized carbons (Fsp3) is 0.385. The van der Waals surface area contributed by atoms with E-state index in [-0.39, 0.29) is 11.8 Å². The van der Waals surface area contributed by atoms with Crippen molar-refractivity contribution in [2.24, 2.45) is 0 Å². The zero-order valence-corrected chi connectivity index (χ0v) is 10.1. The summed E-state index contributed by atoms with van der Waals surface area (Å²) < 4.78 is 5.46. The first-order chi connectivity index (χ1) is 8.59. The first-order valence-corrected chi connectivity index (χ1v) is 5.84. The molecule has 1 aromatic carbocycles. The number of ether oxygens (including phenoxy) is 1. The minimum Gasteiger partial charge on any atom is -0.493 e. The van der Waals surface area contributed by atoms with Gasteiger partial charge in [0.25, 0.3) is 0 Å². The molecule has 1 aliphatic rings. The average molecular weight is 249 g/mol. The molecule has 0 spiro atoms. The van der Waals surface area contributed by atoms with Gasteiger partial charge in [0.15, 0.2) is 0 Å². The van der Waals surface area contributed by atoms with Crippen LogP contribution in [0.1, 0.15) is 24.8 Å². The van der Waals surface area contributed by atoms with Crippen molar-refractivity contribution in [3.8, 4) is 5.75 Å². The van der Waals surface area contributed by atoms with Crippen LogP contribution in [0, 0.1) is 0 Å². The third kappa shape index (κ3) is 2.45. The van der Waals surface area contributed by atoms with Gasteiger partial charge in [0.05, 0.1) is 12.5 Å². The van der Waals surface area contributed by atoms with Crippen molar-refractivity contribution < 1.29 is 19.4 Å². The Balaban J connectivity index is 2.15. The maximum absolute atomic E-state index is 12.0. The highest BCUT2D eigenvalue weighted by Gasteiger charge is 2.29. The van der Waals surface area contributed by atoms with E-state index in [1.54, 1.807) is 0 Å². The van der Waals surface area contributed by atoms with Crippen molar-refractivity contribution in [2.75, 3.05) is 6.61 Å². The molecule has 2 N–H and O–H groups in total. The molecule has 0 aliphatic carbocycles. The normalized spacial score (nSPS) is 19.3. The molecule has 0 bridgehead atoms. The van der Waals surface area contributed by atoms with Crippen LogP contribution in [-0.4, -0.2) is 29.6 Å². The first-order valence-electron chi connectivity index (χ1n) is 5.84. The van der Waals surface area contributed by atoms with Crippen molar-refractivity contribution in [3.63, 3.8) is 0 Å². The van der Waals surface area contributed by atoms with Crippen LogP contribution in [-0.2, 0) is 9.59 Å². The van der Waals surface area contributed by atoms with Gasteiger partial charge in [-0.15, -0.1) is 0 Å². The summed E-state index contributed by atoms with van der Waals surface area (Å²) in [5.41, 5.74) is 0.818. The first kappa shape index (κ1) is 12.4. The minimum atomic E-state index is -1.04. The summed E-state index contributed by atoms with van der Waals surface area (Å²) in [4.78, 5) is 22.8. The monoisotopic (exact) mass is 249 g/mol. The van der Waals surface area contributed by atoms with Gasteiger partial charge >= 0.3 is 5.97 Å². The molecule has 0 radical (unpaired) electrons. The lowest BCUT2D eigenvalue weighted by Crippen LogP contribution is -2.42. The van der Waals surface area contributed by atoms with E-state index in [1.807, 2.05) is 24.3 Å². The zero-order valence-electron chi connectivity index (χ0n) is 10.1. The molecule has 2 rings (SSSR count). The van der Waals surface area contributed by atoms with Gasteiger partial charge < -0.3 is 15.2 Å². The Morgan fingerprint density at radius 2 is 2.17 bits per heavy atom. The van der Waals surface area contributed by atoms with E-state index >= 15 is 0 Å². The maximum atomic E-state index is 12.0. The molecular formula is C13H15NO4. The van der Waals surface area contributed by atoms with E-state index < -0.39 is 12.0 Å². The molecule has 1 heterocycles. The van der Waals surface area contributed by atoms with Crippen LogP contribution in [0.15, 0.2) is 24.3 Å². The Morgan fingerprint density at radius 3 is 2.89 bits per heavy atom. The third-order valence-corrected chi connectivity index (χ3v) is 3.00. The number of fused-ring (bicyclic) bond motifs is 1. The van der Waals surface area contributed by atoms with Gasteiger partial charge in [0.2, 0.25) is 5.91 Å². The fourth-order valence-corrected chi connectivity index (χ4v) is 1.99. The van der Waals surface area contributed by atoms with Crippen molar-refractivity contribution >= 4 is 11.9 Å². The van der Waals surface area contributed by atoms with E-state index in [1.165, 1.54) is 6.92 Å². The maximum Gasteiger partial charge on any atom is 0.325 e. The van der Waals surface area contributed by atoms with Gasteiger partial charge in [-0.1, -0.05) is 18.2 Å². The summed E-state index contributed by atoms with van der Waals surface area (Å²) in [5, 5.41) is 11.3. The Bertz CT molecular complexity index is 472. The number of amides is 1. The predicted octanol–water partition coefficient (Wildman–Crippen LogP) is 1.14. The largest absolute Gasteiger partial charge is 0.493 e. The highest BCUT2D eigenvalue weighted by molar-refractivity contribution is 5.88. The lowest BCUT2D eigenvalue weighted by atomic mass is 9.92. The highest BCUT2D eigenvalue weighted by Crippen LogP contribution is 2.33. The van der Waals surface area contributed by atoms with Crippen LogP contribution in [0.25, 0.3) is 0 Å². The summed E-state index contributed by atoms with van der Waals surface area (Å²) in [6, 6.07) is 6.46. The number of nitrogens with one attached hydrogen (secondary N) is 1. The average Bonchev–Trinajstić information content (AvgIpc) is 2.37. The molecule has 0 aromatic heterocycles. The Morgan fingerprint density at radius 1 is 1.44 bits per heavy atom. The summed E-state index contributed by atoms with van der Waals surface area (Å²) in [7, 11) is 0. The summed E-state index contributed by atoms with van der Waals surface area (Å²) in [6.07, 6.45) is 0.565. The standard InChI is InChI=1S/C13H15NO4/c1-8(13(16)17)14-12(15)10-6-7-18-11-5-3-2-4-9(10)11/h2-5,8,10H,6-7H2,1H3,(H,14,15)(H,16,17)/t8-,10-/m0/s1. The van der Waals surface area contributed by atoms with Gasteiger partial charge in [-0.05, 0) is 19.4 Å². The second-order valence-corrected chi connectivity index (χ2v) is 4.30. The molecule has 1 aromatic rings. The quantitative estimate of drug-likeness (QED) is 0.842. The van der Waals surface area contributed by atoms with Crippen LogP contribution in [0.3, 0.4) is 0 Å². The molecule has 0 fully saturated rings. The number of carbonyl (C=O) groups is 2. The topological polar surface area (TPSA) is 75.6 Å². The molecule has 5 heteroatoms. The second-order valence-electron chi connectivity index (χ2n) is 4.30. The van der Waals surface area contributed by atoms with E-state index in [0.29, 0.717) is 18.8 Å². The number of carboxylic acid groups (broad SMARTS) is 1. The van der Waals surface area contributed by atoms with Crippen molar-refractivity contribution in [3.05, 3.63) is 29.8 Å². The molecular weight excluding hydrogens is 234 g/mol. The Labute approximate surface area is 105 Å². The van der Waals surface area contributed by atoms with Gasteiger partial charge in [-0.2, -0.15) is 0 Å². The van der Waals surface area contributed by atoms with Gasteiger partial charge in [-0.3, -0.25) is 9.59 Å². The molecule has 0 saturated heterocycles. The fourth-order valence-electron chi connectivity index (χ4n) is 1.99. The van der Waals surface area contributed by atoms with Gasteiger partial charge in [-0.25, -0.2) is 0 Å². The Hall–Kier alpha value is -2.04. The number of aliphatic carboxylic acids is 1. The van der Waals surface area contributed by atoms with Crippen molar-refractivity contribution in [1.29, 1.82) is 0 Å². The smallest absolute Gasteiger partial charge is 0.325 e. The van der Waals surface area contributed by atoms with Gasteiger partial charge in [0.1, 0.15) is 11.8 Å². The molecule has 2 atom stereocenters. The molecule has 1 aliphatic heterocycles. The van der Waals surface area contributed by atoms with Crippen LogP contribution < -0.4 is 10.1 Å². The van der Waals surface area contributed by atoms with Crippen LogP contribution in [0.4, 0.5) is 0 Å². The van der Waals surface area contributed by atoms with Crippen molar-refractivity contribution in [2.45, 2.75) is 25.3 Å². The number of carbonyl (C=O) groups excluding carboxylic acids is 1. The number of rotatable bonds is 3. The van der Waals surface area contributed by atoms with Crippen LogP contribution in [0.2, 0.25) is 0 Å². The molecule has 1 amide bonds. The lowest BCUT2D eigenvalue weighted by molar-refractivity contribution is -0.141. The number of hydrogen-bond donors (Lipinski definition) is 2. The molecule has 5 nitrogen and oxygen atoms in total. The predicted molar refractivity (Wildman–Crippen MR) is 64.5 cm³/mol. The molecule has 18 heavy (non-hydrogen) atoms. The van der Waals surface area contributed by atoms with Crippen LogP contribution in [0.5, 0.6) is 5.75 Å². The number of benzene rings is 1. The summed E-state index contributed by atoms with van der Waals surface area (Å²) in [5.74, 6) is -0.937. The molecule has 0 saturated carbocycles. The molecule has 0 unspecified atom stereocenters. The van der Waals surface area contributed by atoms with E-state index in [4.69, 9.17) is 9.84 Å². The number of carboxylic acids is 1. The lowest BCUT2D eigenvalue weighted by Gasteiger charge is -2.25. The zero-order chi connectivity index (χ0) is 13.1. The Kier molecular flexibility index (Phi) is 3.50. The molecule has 96 valence electrons. The third-order valence-electron chi connectivity index (χ3n) is 3.00. The number of para-hydroxylation sites is 1. The highest BCUT2D eigenvalue weighted by atomic mass is 16.5. The van der Waals surface area contributed by atoms with E-state index in [9.17, 15) is 9.59 Å². The number of hydrogen-bond acceptors (Lipinski definition) is 3. The summed E-state index contributed by atoms with van der Waals surface area (Å²) in [6.45, 7) is 1.92.